The van der Waals surface area contributed by atoms with Gasteiger partial charge in [-0.1, -0.05) is 15.9 Å². The van der Waals surface area contributed by atoms with Gasteiger partial charge in [-0.2, -0.15) is 0 Å². The van der Waals surface area contributed by atoms with Gasteiger partial charge in [-0.15, -0.1) is 0 Å². The van der Waals surface area contributed by atoms with Gasteiger partial charge in [-0.05, 0) is 50.1 Å². The highest BCUT2D eigenvalue weighted by atomic mass is 79.9. The van der Waals surface area contributed by atoms with E-state index in [1.165, 1.54) is 12.2 Å². The summed E-state index contributed by atoms with van der Waals surface area (Å²) in [5, 5.41) is 0. The van der Waals surface area contributed by atoms with Gasteiger partial charge in [0.25, 0.3) is 0 Å². The molecule has 6 heteroatoms. The third-order valence-electron chi connectivity index (χ3n) is 3.86. The van der Waals surface area contributed by atoms with Crippen LogP contribution in [0, 0.1) is 5.92 Å². The second-order valence-corrected chi connectivity index (χ2v) is 6.50. The summed E-state index contributed by atoms with van der Waals surface area (Å²) < 4.78 is 5.91. The van der Waals surface area contributed by atoms with Crippen LogP contribution in [-0.2, 0) is 14.3 Å². The highest BCUT2D eigenvalue weighted by Crippen LogP contribution is 2.18. The predicted molar refractivity (Wildman–Crippen MR) is 93.5 cm³/mol. The first-order valence-electron chi connectivity index (χ1n) is 7.94. The van der Waals surface area contributed by atoms with Gasteiger partial charge in [0, 0.05) is 29.2 Å². The number of benzene rings is 1. The Morgan fingerprint density at radius 1 is 1.25 bits per heavy atom. The van der Waals surface area contributed by atoms with E-state index in [0.717, 1.165) is 17.3 Å². The first-order valence-corrected chi connectivity index (χ1v) is 8.74. The number of amides is 1. The van der Waals surface area contributed by atoms with Crippen LogP contribution in [0.1, 0.15) is 30.1 Å². The zero-order valence-corrected chi connectivity index (χ0v) is 15.1. The number of allylic oxidation sites excluding steroid dienone is 1. The van der Waals surface area contributed by atoms with Crippen LogP contribution in [0.4, 0.5) is 0 Å². The summed E-state index contributed by atoms with van der Waals surface area (Å²) in [5.74, 6) is -1.02. The molecule has 5 nitrogen and oxygen atoms in total. The molecule has 1 fully saturated rings. The van der Waals surface area contributed by atoms with E-state index >= 15 is 0 Å². The van der Waals surface area contributed by atoms with Crippen molar-refractivity contribution in [3.63, 3.8) is 0 Å². The zero-order valence-electron chi connectivity index (χ0n) is 13.5. The molecule has 0 spiro atoms. The Labute approximate surface area is 149 Å². The van der Waals surface area contributed by atoms with Crippen LogP contribution in [0.2, 0.25) is 0 Å². The third kappa shape index (κ3) is 5.03. The Balaban J connectivity index is 1.94. The molecule has 0 radical (unpaired) electrons. The maximum atomic E-state index is 12.2. The lowest BCUT2D eigenvalue weighted by Crippen LogP contribution is -2.42. The van der Waals surface area contributed by atoms with Crippen molar-refractivity contribution < 1.29 is 19.1 Å². The standard InChI is InChI=1S/C18H20BrNO4/c1-2-24-18(23)14-4-3-11-20(12-14)17(22)10-9-16(21)13-5-7-15(19)8-6-13/h5-10,14H,2-4,11-12H2,1H3/b10-9+. The summed E-state index contributed by atoms with van der Waals surface area (Å²) in [7, 11) is 0. The van der Waals surface area contributed by atoms with Gasteiger partial charge < -0.3 is 9.64 Å². The molecule has 1 heterocycles. The lowest BCUT2D eigenvalue weighted by atomic mass is 9.98. The van der Waals surface area contributed by atoms with Gasteiger partial charge >= 0.3 is 5.97 Å². The Morgan fingerprint density at radius 2 is 1.96 bits per heavy atom. The number of halogens is 1. The van der Waals surface area contributed by atoms with Crippen molar-refractivity contribution in [1.29, 1.82) is 0 Å². The van der Waals surface area contributed by atoms with Crippen molar-refractivity contribution in [2.24, 2.45) is 5.92 Å². The fourth-order valence-corrected chi connectivity index (χ4v) is 2.86. The number of hydrogen-bond acceptors (Lipinski definition) is 4. The van der Waals surface area contributed by atoms with Crippen molar-refractivity contribution in [3.05, 3.63) is 46.5 Å². The Morgan fingerprint density at radius 3 is 2.62 bits per heavy atom. The molecule has 1 aromatic carbocycles. The fraction of sp³-hybridized carbons (Fsp3) is 0.389. The van der Waals surface area contributed by atoms with Crippen LogP contribution < -0.4 is 0 Å². The summed E-state index contributed by atoms with van der Waals surface area (Å²) in [6.45, 7) is 3.03. The van der Waals surface area contributed by atoms with Gasteiger partial charge in [0.1, 0.15) is 0 Å². The first kappa shape index (κ1) is 18.4. The number of esters is 1. The number of ether oxygens (including phenoxy) is 1. The monoisotopic (exact) mass is 393 g/mol. The van der Waals surface area contributed by atoms with E-state index in [1.54, 1.807) is 36.1 Å². The topological polar surface area (TPSA) is 63.7 Å². The normalized spacial score (nSPS) is 17.8. The van der Waals surface area contributed by atoms with Crippen LogP contribution in [-0.4, -0.2) is 42.3 Å². The maximum Gasteiger partial charge on any atom is 0.310 e. The lowest BCUT2D eigenvalue weighted by molar-refractivity contribution is -0.150. The maximum absolute atomic E-state index is 12.2. The molecule has 128 valence electrons. The second-order valence-electron chi connectivity index (χ2n) is 5.58. The average molecular weight is 394 g/mol. The van der Waals surface area contributed by atoms with E-state index in [1.807, 2.05) is 0 Å². The van der Waals surface area contributed by atoms with Crippen molar-refractivity contribution in [3.8, 4) is 0 Å². The van der Waals surface area contributed by atoms with Crippen LogP contribution in [0.15, 0.2) is 40.9 Å². The molecule has 0 aromatic heterocycles. The molecular formula is C18H20BrNO4. The lowest BCUT2D eigenvalue weighted by Gasteiger charge is -2.30. The quantitative estimate of drug-likeness (QED) is 0.438. The highest BCUT2D eigenvalue weighted by molar-refractivity contribution is 9.10. The molecule has 1 saturated heterocycles. The largest absolute Gasteiger partial charge is 0.466 e. The van der Waals surface area contributed by atoms with Gasteiger partial charge in [0.05, 0.1) is 12.5 Å². The number of ketones is 1. The minimum absolute atomic E-state index is 0.227. The van der Waals surface area contributed by atoms with E-state index < -0.39 is 0 Å². The molecule has 24 heavy (non-hydrogen) atoms. The Kier molecular flexibility index (Phi) is 6.73. The van der Waals surface area contributed by atoms with Crippen molar-refractivity contribution >= 4 is 33.6 Å². The Hall–Kier alpha value is -1.95. The van der Waals surface area contributed by atoms with E-state index in [9.17, 15) is 14.4 Å². The van der Waals surface area contributed by atoms with E-state index in [0.29, 0.717) is 25.3 Å². The van der Waals surface area contributed by atoms with E-state index in [-0.39, 0.29) is 23.6 Å². The molecule has 1 amide bonds. The number of nitrogens with zero attached hydrogens (tertiary/aromatic N) is 1. The molecule has 2 rings (SSSR count). The second kappa shape index (κ2) is 8.78. The first-order chi connectivity index (χ1) is 11.5. The van der Waals surface area contributed by atoms with Crippen LogP contribution in [0.3, 0.4) is 0 Å². The van der Waals surface area contributed by atoms with E-state index in [4.69, 9.17) is 4.74 Å². The molecular weight excluding hydrogens is 374 g/mol. The number of likely N-dealkylation sites (tertiary alicyclic amines) is 1. The van der Waals surface area contributed by atoms with Crippen LogP contribution >= 0.6 is 15.9 Å². The van der Waals surface area contributed by atoms with Crippen molar-refractivity contribution in [2.45, 2.75) is 19.8 Å². The Bertz CT molecular complexity index is 639. The fourth-order valence-electron chi connectivity index (χ4n) is 2.59. The molecule has 1 aliphatic heterocycles. The molecule has 0 saturated carbocycles. The molecule has 1 aliphatic rings. The van der Waals surface area contributed by atoms with Crippen molar-refractivity contribution in [2.75, 3.05) is 19.7 Å². The molecule has 0 N–H and O–H groups in total. The summed E-state index contributed by atoms with van der Waals surface area (Å²) in [6.07, 6.45) is 4.03. The average Bonchev–Trinajstić information content (AvgIpc) is 2.60. The van der Waals surface area contributed by atoms with Crippen LogP contribution in [0.25, 0.3) is 0 Å². The van der Waals surface area contributed by atoms with Crippen molar-refractivity contribution in [1.82, 2.24) is 4.90 Å². The number of piperidine rings is 1. The summed E-state index contributed by atoms with van der Waals surface area (Å²) in [6, 6.07) is 6.94. The number of carbonyl (C=O) groups is 3. The molecule has 1 aromatic rings. The molecule has 0 bridgehead atoms. The van der Waals surface area contributed by atoms with E-state index in [2.05, 4.69) is 15.9 Å². The molecule has 1 unspecified atom stereocenters. The molecule has 0 aliphatic carbocycles. The van der Waals surface area contributed by atoms with Gasteiger partial charge in [-0.3, -0.25) is 14.4 Å². The highest BCUT2D eigenvalue weighted by Gasteiger charge is 2.28. The summed E-state index contributed by atoms with van der Waals surface area (Å²) in [4.78, 5) is 37.7. The summed E-state index contributed by atoms with van der Waals surface area (Å²) >= 11 is 3.31. The van der Waals surface area contributed by atoms with Gasteiger partial charge in [0.2, 0.25) is 5.91 Å². The smallest absolute Gasteiger partial charge is 0.310 e. The molecule has 1 atom stereocenters. The van der Waals surface area contributed by atoms with Gasteiger partial charge in [0.15, 0.2) is 5.78 Å². The number of hydrogen-bond donors (Lipinski definition) is 0. The van der Waals surface area contributed by atoms with Crippen LogP contribution in [0.5, 0.6) is 0 Å². The number of carbonyl (C=O) groups excluding carboxylic acids is 3. The number of rotatable bonds is 5. The third-order valence-corrected chi connectivity index (χ3v) is 4.39. The van der Waals surface area contributed by atoms with Gasteiger partial charge in [-0.25, -0.2) is 0 Å². The predicted octanol–water partition coefficient (Wildman–Crippen LogP) is 2.99. The zero-order chi connectivity index (χ0) is 17.5. The minimum Gasteiger partial charge on any atom is -0.466 e. The SMILES string of the molecule is CCOC(=O)C1CCCN(C(=O)/C=C/C(=O)c2ccc(Br)cc2)C1. The summed E-state index contributed by atoms with van der Waals surface area (Å²) in [5.41, 5.74) is 0.519. The minimum atomic E-state index is -0.279.